The number of rotatable bonds is 0. The van der Waals surface area contributed by atoms with Gasteiger partial charge in [-0.2, -0.15) is 4.39 Å². The highest BCUT2D eigenvalue weighted by molar-refractivity contribution is 4.91. The van der Waals surface area contributed by atoms with E-state index in [-0.39, 0.29) is 0 Å². The van der Waals surface area contributed by atoms with Crippen LogP contribution in [0.25, 0.3) is 0 Å². The molecule has 0 aliphatic heterocycles. The molecule has 0 amide bonds. The monoisotopic (exact) mass is 143 g/mol. The average Bonchev–Trinajstić information content (AvgIpc) is 1.91. The molecule has 1 rings (SSSR count). The molecule has 0 bridgehead atoms. The van der Waals surface area contributed by atoms with E-state index in [9.17, 15) is 9.18 Å². The standard InChI is InChI=1S/C5H4FNO.C2H6/c6-4-2-1-3-5(8)7-4;1-2/h1-3H,(H,7,8);1-2H3. The summed E-state index contributed by atoms with van der Waals surface area (Å²) in [5.74, 6) is -0.600. The van der Waals surface area contributed by atoms with Gasteiger partial charge in [0.2, 0.25) is 5.56 Å². The van der Waals surface area contributed by atoms with Crippen LogP contribution in [0.2, 0.25) is 0 Å². The Hall–Kier alpha value is -1.12. The van der Waals surface area contributed by atoms with Crippen molar-refractivity contribution in [2.24, 2.45) is 0 Å². The molecule has 0 saturated carbocycles. The van der Waals surface area contributed by atoms with Crippen LogP contribution in [0.3, 0.4) is 0 Å². The first-order valence-electron chi connectivity index (χ1n) is 3.14. The quantitative estimate of drug-likeness (QED) is 0.549. The normalized spacial score (nSPS) is 7.90. The molecule has 2 nitrogen and oxygen atoms in total. The maximum Gasteiger partial charge on any atom is 0.250 e. The summed E-state index contributed by atoms with van der Waals surface area (Å²) >= 11 is 0. The minimum atomic E-state index is -0.600. The summed E-state index contributed by atoms with van der Waals surface area (Å²) in [4.78, 5) is 12.1. The van der Waals surface area contributed by atoms with Gasteiger partial charge in [-0.05, 0) is 6.07 Å². The van der Waals surface area contributed by atoms with E-state index in [4.69, 9.17) is 0 Å². The fourth-order valence-electron chi connectivity index (χ4n) is 0.421. The topological polar surface area (TPSA) is 32.9 Å². The van der Waals surface area contributed by atoms with Crippen LogP contribution in [-0.2, 0) is 0 Å². The van der Waals surface area contributed by atoms with Gasteiger partial charge in [0.1, 0.15) is 0 Å². The lowest BCUT2D eigenvalue weighted by Crippen LogP contribution is -2.03. The SMILES string of the molecule is CC.O=c1cccc(F)[nH]1. The van der Waals surface area contributed by atoms with Gasteiger partial charge in [-0.15, -0.1) is 0 Å². The third-order valence-corrected chi connectivity index (χ3v) is 0.733. The van der Waals surface area contributed by atoms with Crippen molar-refractivity contribution in [3.63, 3.8) is 0 Å². The third kappa shape index (κ3) is 3.02. The second kappa shape index (κ2) is 4.73. The molecule has 0 aliphatic rings. The number of nitrogens with one attached hydrogen (secondary N) is 1. The fourth-order valence-corrected chi connectivity index (χ4v) is 0.421. The highest BCUT2D eigenvalue weighted by Gasteiger charge is 1.83. The van der Waals surface area contributed by atoms with E-state index in [1.165, 1.54) is 18.2 Å². The smallest absolute Gasteiger partial charge is 0.250 e. The molecule has 1 aromatic rings. The van der Waals surface area contributed by atoms with Crippen LogP contribution in [0, 0.1) is 5.95 Å². The van der Waals surface area contributed by atoms with Crippen molar-refractivity contribution in [1.82, 2.24) is 4.98 Å². The van der Waals surface area contributed by atoms with Gasteiger partial charge in [-0.1, -0.05) is 19.9 Å². The van der Waals surface area contributed by atoms with Crippen molar-refractivity contribution in [3.05, 3.63) is 34.5 Å². The summed E-state index contributed by atoms with van der Waals surface area (Å²) in [6, 6.07) is 3.79. The Morgan fingerprint density at radius 1 is 1.40 bits per heavy atom. The number of aromatic nitrogens is 1. The average molecular weight is 143 g/mol. The van der Waals surface area contributed by atoms with E-state index < -0.39 is 11.5 Å². The zero-order chi connectivity index (χ0) is 7.98. The van der Waals surface area contributed by atoms with Crippen LogP contribution in [-0.4, -0.2) is 4.98 Å². The molecule has 1 N–H and O–H groups in total. The Kier molecular flexibility index (Phi) is 4.20. The molecular formula is C7H10FNO. The first-order valence-corrected chi connectivity index (χ1v) is 3.14. The van der Waals surface area contributed by atoms with E-state index in [0.29, 0.717) is 0 Å². The van der Waals surface area contributed by atoms with Crippen molar-refractivity contribution in [2.45, 2.75) is 13.8 Å². The van der Waals surface area contributed by atoms with E-state index in [0.717, 1.165) is 0 Å². The van der Waals surface area contributed by atoms with Crippen molar-refractivity contribution in [3.8, 4) is 0 Å². The summed E-state index contributed by atoms with van der Waals surface area (Å²) in [6.07, 6.45) is 0. The molecule has 0 aromatic carbocycles. The molecule has 1 heterocycles. The van der Waals surface area contributed by atoms with Gasteiger partial charge in [0.25, 0.3) is 0 Å². The summed E-state index contributed by atoms with van der Waals surface area (Å²) in [6.45, 7) is 4.00. The predicted octanol–water partition coefficient (Wildman–Crippen LogP) is 1.54. The van der Waals surface area contributed by atoms with Gasteiger partial charge in [-0.25, -0.2) is 0 Å². The van der Waals surface area contributed by atoms with Crippen LogP contribution in [0.5, 0.6) is 0 Å². The molecule has 1 aromatic heterocycles. The Morgan fingerprint density at radius 2 is 2.00 bits per heavy atom. The van der Waals surface area contributed by atoms with Crippen LogP contribution >= 0.6 is 0 Å². The highest BCUT2D eigenvalue weighted by atomic mass is 19.1. The highest BCUT2D eigenvalue weighted by Crippen LogP contribution is 1.81. The molecule has 0 spiro atoms. The Balaban J connectivity index is 0.000000371. The molecule has 3 heteroatoms. The van der Waals surface area contributed by atoms with Crippen LogP contribution < -0.4 is 5.56 Å². The molecule has 0 atom stereocenters. The molecule has 56 valence electrons. The molecule has 10 heavy (non-hydrogen) atoms. The maximum atomic E-state index is 11.9. The Labute approximate surface area is 58.7 Å². The van der Waals surface area contributed by atoms with E-state index in [1.54, 1.807) is 0 Å². The summed E-state index contributed by atoms with van der Waals surface area (Å²) < 4.78 is 11.9. The minimum Gasteiger partial charge on any atom is -0.299 e. The summed E-state index contributed by atoms with van der Waals surface area (Å²) in [5.41, 5.74) is -0.412. The van der Waals surface area contributed by atoms with Gasteiger partial charge in [0, 0.05) is 6.07 Å². The molecule has 0 fully saturated rings. The van der Waals surface area contributed by atoms with Crippen molar-refractivity contribution < 1.29 is 4.39 Å². The zero-order valence-electron chi connectivity index (χ0n) is 6.02. The number of halogens is 1. The summed E-state index contributed by atoms with van der Waals surface area (Å²) in [5, 5.41) is 0. The first kappa shape index (κ1) is 8.88. The van der Waals surface area contributed by atoms with Crippen LogP contribution in [0.1, 0.15) is 13.8 Å². The van der Waals surface area contributed by atoms with E-state index >= 15 is 0 Å². The first-order chi connectivity index (χ1) is 4.79. The van der Waals surface area contributed by atoms with Crippen molar-refractivity contribution >= 4 is 0 Å². The largest absolute Gasteiger partial charge is 0.299 e. The van der Waals surface area contributed by atoms with Crippen LogP contribution in [0.4, 0.5) is 4.39 Å². The van der Waals surface area contributed by atoms with Gasteiger partial charge >= 0.3 is 0 Å². The Bertz CT molecular complexity index is 231. The Morgan fingerprint density at radius 3 is 2.30 bits per heavy atom. The van der Waals surface area contributed by atoms with Gasteiger partial charge in [-0.3, -0.25) is 9.78 Å². The number of pyridine rings is 1. The molecule has 0 saturated heterocycles. The van der Waals surface area contributed by atoms with E-state index in [2.05, 4.69) is 0 Å². The third-order valence-electron chi connectivity index (χ3n) is 0.733. The molecule has 0 radical (unpaired) electrons. The van der Waals surface area contributed by atoms with Gasteiger partial charge in [0.05, 0.1) is 0 Å². The lowest BCUT2D eigenvalue weighted by molar-refractivity contribution is 0.579. The number of aromatic amines is 1. The fraction of sp³-hybridized carbons (Fsp3) is 0.286. The lowest BCUT2D eigenvalue weighted by atomic mass is 10.5. The number of hydrogen-bond donors (Lipinski definition) is 1. The maximum absolute atomic E-state index is 11.9. The molecular weight excluding hydrogens is 133 g/mol. The van der Waals surface area contributed by atoms with Crippen molar-refractivity contribution in [2.75, 3.05) is 0 Å². The predicted molar refractivity (Wildman–Crippen MR) is 38.4 cm³/mol. The molecule has 0 aliphatic carbocycles. The van der Waals surface area contributed by atoms with Gasteiger partial charge in [0.15, 0.2) is 5.95 Å². The van der Waals surface area contributed by atoms with Crippen LogP contribution in [0.15, 0.2) is 23.0 Å². The van der Waals surface area contributed by atoms with E-state index in [1.807, 2.05) is 18.8 Å². The minimum absolute atomic E-state index is 0.412. The lowest BCUT2D eigenvalue weighted by Gasteiger charge is -1.80. The number of hydrogen-bond acceptors (Lipinski definition) is 1. The summed E-state index contributed by atoms with van der Waals surface area (Å²) in [7, 11) is 0. The van der Waals surface area contributed by atoms with Crippen molar-refractivity contribution in [1.29, 1.82) is 0 Å². The number of H-pyrrole nitrogens is 1. The molecule has 0 unspecified atom stereocenters. The second-order valence-corrected chi connectivity index (χ2v) is 1.36. The van der Waals surface area contributed by atoms with Gasteiger partial charge < -0.3 is 0 Å². The zero-order valence-corrected chi connectivity index (χ0v) is 6.02. The second-order valence-electron chi connectivity index (χ2n) is 1.36.